The zero-order chi connectivity index (χ0) is 9.84. The number of alkyl halides is 1. The van der Waals surface area contributed by atoms with Crippen LogP contribution in [0.2, 0.25) is 0 Å². The molecule has 1 aromatic carbocycles. The maximum atomic E-state index is 10.1. The van der Waals surface area contributed by atoms with Gasteiger partial charge >= 0.3 is 6.07 Å². The average Bonchev–Trinajstić information content (AvgIpc) is 2.12. The first kappa shape index (κ1) is 9.88. The summed E-state index contributed by atoms with van der Waals surface area (Å²) in [5, 5.41) is 12.7. The van der Waals surface area contributed by atoms with E-state index in [1.807, 2.05) is 26.0 Å². The van der Waals surface area contributed by atoms with Crippen LogP contribution in [0.4, 0.5) is 0 Å². The van der Waals surface area contributed by atoms with Gasteiger partial charge in [0.2, 0.25) is 0 Å². The van der Waals surface area contributed by atoms with Gasteiger partial charge < -0.3 is 5.21 Å². The fraction of sp³-hybridized carbons (Fsp3) is 0.300. The molecule has 0 aliphatic heterocycles. The normalized spacial score (nSPS) is 9.15. The van der Waals surface area contributed by atoms with Crippen molar-refractivity contribution in [2.45, 2.75) is 19.7 Å². The number of nitrogens with zero attached hydrogens (tertiary/aromatic N) is 1. The van der Waals surface area contributed by atoms with Gasteiger partial charge in [0.15, 0.2) is 0 Å². The lowest BCUT2D eigenvalue weighted by Gasteiger charge is -2.04. The van der Waals surface area contributed by atoms with E-state index in [9.17, 15) is 5.21 Å². The van der Waals surface area contributed by atoms with Gasteiger partial charge in [-0.1, -0.05) is 12.1 Å². The van der Waals surface area contributed by atoms with Crippen molar-refractivity contribution in [3.63, 3.8) is 0 Å². The van der Waals surface area contributed by atoms with Crippen molar-refractivity contribution in [3.05, 3.63) is 44.6 Å². The van der Waals surface area contributed by atoms with E-state index < -0.39 is 0 Å². The third-order valence-corrected chi connectivity index (χ3v) is 2.37. The van der Waals surface area contributed by atoms with Gasteiger partial charge in [0, 0.05) is 10.9 Å². The molecule has 1 rings (SSSR count). The predicted octanol–water partition coefficient (Wildman–Crippen LogP) is 3.22. The van der Waals surface area contributed by atoms with E-state index in [-0.39, 0.29) is 0 Å². The van der Waals surface area contributed by atoms with Crippen LogP contribution in [-0.4, -0.2) is 0 Å². The summed E-state index contributed by atoms with van der Waals surface area (Å²) in [5.41, 5.74) is 3.74. The van der Waals surface area contributed by atoms with Crippen LogP contribution in [0, 0.1) is 25.1 Å². The van der Waals surface area contributed by atoms with E-state index in [4.69, 9.17) is 11.6 Å². The fourth-order valence-electron chi connectivity index (χ4n) is 1.25. The molecule has 68 valence electrons. The molecule has 0 spiro atoms. The molecule has 1 aromatic rings. The highest BCUT2D eigenvalue weighted by Gasteiger charge is 2.08. The first-order chi connectivity index (χ1) is 6.20. The highest BCUT2D eigenvalue weighted by atomic mass is 35.5. The summed E-state index contributed by atoms with van der Waals surface area (Å²) in [7, 11) is 0. The Labute approximate surface area is 82.5 Å². The molecule has 13 heavy (non-hydrogen) atoms. The Kier molecular flexibility index (Phi) is 3.16. The molecule has 0 heterocycles. The molecule has 0 aromatic heterocycles. The third kappa shape index (κ3) is 1.93. The molecule has 0 saturated heterocycles. The fourth-order valence-corrected chi connectivity index (χ4v) is 1.54. The maximum absolute atomic E-state index is 10.1. The summed E-state index contributed by atoms with van der Waals surface area (Å²) < 4.78 is 0. The Balaban J connectivity index is 3.35. The Morgan fingerprint density at radius 2 is 2.15 bits per heavy atom. The number of aryl methyl sites for hydroxylation is 1. The number of hydrogen-bond donors (Lipinski definition) is 0. The van der Waals surface area contributed by atoms with Gasteiger partial charge in [0.25, 0.3) is 0 Å². The van der Waals surface area contributed by atoms with Crippen LogP contribution in [0.5, 0.6) is 0 Å². The van der Waals surface area contributed by atoms with E-state index in [1.165, 1.54) is 0 Å². The second-order valence-corrected chi connectivity index (χ2v) is 3.15. The summed E-state index contributed by atoms with van der Waals surface area (Å²) in [6.45, 7) is 3.83. The van der Waals surface area contributed by atoms with Crippen LogP contribution in [0.3, 0.4) is 0 Å². The number of halogens is 1. The zero-order valence-corrected chi connectivity index (χ0v) is 8.35. The van der Waals surface area contributed by atoms with Gasteiger partial charge in [-0.25, -0.2) is 0 Å². The topological polar surface area (TPSA) is 27.4 Å². The SMILES string of the molecule is Cc1ccc(CCl)c(C)c1C#[N+][O-]. The first-order valence-electron chi connectivity index (χ1n) is 3.94. The van der Waals surface area contributed by atoms with Crippen molar-refractivity contribution in [1.82, 2.24) is 0 Å². The minimum Gasteiger partial charge on any atom is -0.498 e. The van der Waals surface area contributed by atoms with Crippen molar-refractivity contribution < 1.29 is 0 Å². The van der Waals surface area contributed by atoms with Crippen molar-refractivity contribution in [2.24, 2.45) is 0 Å². The predicted molar refractivity (Wildman–Crippen MR) is 55.2 cm³/mol. The van der Waals surface area contributed by atoms with E-state index in [0.717, 1.165) is 22.3 Å². The highest BCUT2D eigenvalue weighted by molar-refractivity contribution is 6.17. The molecular weight excluding hydrogens is 186 g/mol. The number of hydrogen-bond acceptors (Lipinski definition) is 1. The van der Waals surface area contributed by atoms with Gasteiger partial charge in [0.05, 0.1) is 0 Å². The molecule has 0 bridgehead atoms. The van der Waals surface area contributed by atoms with Crippen LogP contribution < -0.4 is 0 Å². The molecule has 0 aliphatic rings. The van der Waals surface area contributed by atoms with Gasteiger partial charge in [-0.05, 0) is 30.5 Å². The molecule has 0 atom stereocenters. The quantitative estimate of drug-likeness (QED) is 0.500. The van der Waals surface area contributed by atoms with Gasteiger partial charge in [0.1, 0.15) is 5.56 Å². The minimum absolute atomic E-state index is 0.444. The van der Waals surface area contributed by atoms with Crippen molar-refractivity contribution in [3.8, 4) is 6.07 Å². The van der Waals surface area contributed by atoms with E-state index >= 15 is 0 Å². The Morgan fingerprint density at radius 3 is 2.69 bits per heavy atom. The lowest BCUT2D eigenvalue weighted by Crippen LogP contribution is -1.92. The molecule has 0 aliphatic carbocycles. The van der Waals surface area contributed by atoms with Crippen molar-refractivity contribution in [2.75, 3.05) is 0 Å². The van der Waals surface area contributed by atoms with E-state index in [2.05, 4.69) is 11.1 Å². The third-order valence-electron chi connectivity index (χ3n) is 2.09. The monoisotopic (exact) mass is 195 g/mol. The Hall–Kier alpha value is -1.20. The van der Waals surface area contributed by atoms with Crippen LogP contribution in [0.15, 0.2) is 12.1 Å². The lowest BCUT2D eigenvalue weighted by atomic mass is 10.00. The van der Waals surface area contributed by atoms with E-state index in [1.54, 1.807) is 0 Å². The summed E-state index contributed by atoms with van der Waals surface area (Å²) in [4.78, 5) is 0. The van der Waals surface area contributed by atoms with Crippen LogP contribution in [-0.2, 0) is 5.88 Å². The van der Waals surface area contributed by atoms with Crippen molar-refractivity contribution >= 4 is 11.6 Å². The van der Waals surface area contributed by atoms with Gasteiger partial charge in [-0.3, -0.25) is 0 Å². The first-order valence-corrected chi connectivity index (χ1v) is 4.47. The second kappa shape index (κ2) is 4.15. The molecule has 0 amide bonds. The molecule has 2 nitrogen and oxygen atoms in total. The van der Waals surface area contributed by atoms with Crippen LogP contribution >= 0.6 is 11.6 Å². The molecule has 0 radical (unpaired) electrons. The smallest absolute Gasteiger partial charge is 0.337 e. The van der Waals surface area contributed by atoms with E-state index in [0.29, 0.717) is 5.88 Å². The average molecular weight is 196 g/mol. The number of rotatable bonds is 1. The highest BCUT2D eigenvalue weighted by Crippen LogP contribution is 2.18. The molecule has 3 heteroatoms. The molecule has 0 fully saturated rings. The Bertz CT molecular complexity index is 376. The zero-order valence-electron chi connectivity index (χ0n) is 7.60. The lowest BCUT2D eigenvalue weighted by molar-refractivity contribution is 1.25. The van der Waals surface area contributed by atoms with Crippen LogP contribution in [0.25, 0.3) is 5.01 Å². The number of benzene rings is 1. The second-order valence-electron chi connectivity index (χ2n) is 2.88. The summed E-state index contributed by atoms with van der Waals surface area (Å²) >= 11 is 5.72. The minimum atomic E-state index is 0.444. The molecule has 0 N–H and O–H groups in total. The van der Waals surface area contributed by atoms with Crippen LogP contribution in [0.1, 0.15) is 22.3 Å². The maximum Gasteiger partial charge on any atom is 0.337 e. The summed E-state index contributed by atoms with van der Waals surface area (Å²) in [6, 6.07) is 6.30. The largest absolute Gasteiger partial charge is 0.498 e. The molecule has 0 unspecified atom stereocenters. The standard InChI is InChI=1S/C10H10ClNO/c1-7-3-4-9(5-11)8(2)10(7)6-12-13/h3-4H,5H2,1-2H3. The van der Waals surface area contributed by atoms with Crippen molar-refractivity contribution in [1.29, 1.82) is 0 Å². The van der Waals surface area contributed by atoms with Gasteiger partial charge in [-0.2, -0.15) is 0 Å². The van der Waals surface area contributed by atoms with Gasteiger partial charge in [-0.15, -0.1) is 11.6 Å². The Morgan fingerprint density at radius 1 is 1.46 bits per heavy atom. The summed E-state index contributed by atoms with van der Waals surface area (Å²) in [5.74, 6) is 0.444. The summed E-state index contributed by atoms with van der Waals surface area (Å²) in [6.07, 6.45) is 0. The molecular formula is C10H10ClNO. The molecule has 0 saturated carbocycles.